The summed E-state index contributed by atoms with van der Waals surface area (Å²) in [6, 6.07) is 0. The fraction of sp³-hybridized carbons (Fsp3) is 0.500. The summed E-state index contributed by atoms with van der Waals surface area (Å²) >= 11 is -0.930. The van der Waals surface area contributed by atoms with E-state index in [9.17, 15) is 14.4 Å². The van der Waals surface area contributed by atoms with Crippen LogP contribution in [0.3, 0.4) is 0 Å². The molecule has 5 heteroatoms. The lowest BCUT2D eigenvalue weighted by atomic mass is 10.0. The molecule has 0 aromatic heterocycles. The highest BCUT2D eigenvalue weighted by Gasteiger charge is 2.33. The fourth-order valence-electron chi connectivity index (χ4n) is 1.15. The Hall–Kier alpha value is -0.840. The van der Waals surface area contributed by atoms with Gasteiger partial charge in [-0.15, -0.1) is 0 Å². The van der Waals surface area contributed by atoms with Crippen LogP contribution in [0.2, 0.25) is 0 Å². The highest BCUT2D eigenvalue weighted by Crippen LogP contribution is 2.21. The van der Waals surface area contributed by atoms with Crippen molar-refractivity contribution in [3.05, 3.63) is 0 Å². The zero-order valence-electron chi connectivity index (χ0n) is 5.87. The van der Waals surface area contributed by atoms with Crippen LogP contribution in [0.15, 0.2) is 0 Å². The summed E-state index contributed by atoms with van der Waals surface area (Å²) < 4.78 is 0. The Labute approximate surface area is 67.0 Å². The number of carboxylic acid groups (broad SMARTS) is 1. The highest BCUT2D eigenvalue weighted by molar-refractivity contribution is 8.15. The van der Waals surface area contributed by atoms with E-state index in [-0.39, 0.29) is 0 Å². The maximum absolute atomic E-state index is 10.9. The van der Waals surface area contributed by atoms with Crippen LogP contribution in [-0.4, -0.2) is 27.7 Å². The molecule has 64 valence electrons. The van der Waals surface area contributed by atoms with Crippen LogP contribution in [0, 0.1) is 5.92 Å². The van der Waals surface area contributed by atoms with E-state index in [0.29, 0.717) is 12.2 Å². The molecule has 0 amide bonds. The Morgan fingerprint density at radius 1 is 1.55 bits per heavy atom. The molecule has 4 nitrogen and oxygen atoms in total. The molecule has 1 N–H and O–H groups in total. The summed E-state index contributed by atoms with van der Waals surface area (Å²) in [5.74, 6) is -2.21. The third-order valence-electron chi connectivity index (χ3n) is 1.79. The second kappa shape index (κ2) is 3.04. The Bertz CT molecular complexity index is 223. The minimum atomic E-state index is -1.16. The molecule has 1 unspecified atom stereocenters. The van der Waals surface area contributed by atoms with E-state index in [4.69, 9.17) is 5.11 Å². The molecule has 1 fully saturated rings. The molecule has 0 aromatic rings. The van der Waals surface area contributed by atoms with Crippen molar-refractivity contribution in [2.45, 2.75) is 6.42 Å². The number of hydrogen-bond acceptors (Lipinski definition) is 3. The Kier molecular flexibility index (Phi) is 2.28. The van der Waals surface area contributed by atoms with Crippen LogP contribution in [-0.2, 0) is 14.4 Å². The number of carboxylic acids is 1. The van der Waals surface area contributed by atoms with Crippen molar-refractivity contribution in [3.8, 4) is 0 Å². The van der Waals surface area contributed by atoms with Gasteiger partial charge in [0.2, 0.25) is 10.9 Å². The molecule has 1 saturated heterocycles. The highest BCUT2D eigenvalue weighted by atomic mass is 32.2. The van der Waals surface area contributed by atoms with Gasteiger partial charge in [-0.05, 0) is 12.2 Å². The Morgan fingerprint density at radius 2 is 2.18 bits per heavy atom. The van der Waals surface area contributed by atoms with E-state index in [0.717, 1.165) is 0 Å². The van der Waals surface area contributed by atoms with Crippen molar-refractivity contribution in [2.75, 3.05) is 5.75 Å². The Morgan fingerprint density at radius 3 is 2.64 bits per heavy atom. The van der Waals surface area contributed by atoms with Crippen LogP contribution in [0.4, 0.5) is 0 Å². The molecule has 1 heterocycles. The predicted octanol–water partition coefficient (Wildman–Crippen LogP) is -1.15. The molecule has 0 radical (unpaired) electrons. The predicted molar refractivity (Wildman–Crippen MR) is 43.8 cm³/mol. The van der Waals surface area contributed by atoms with Gasteiger partial charge in [-0.1, -0.05) is 0 Å². The number of carbonyl (C=O) groups excluding carboxylic acids is 2. The second-order valence-electron chi connectivity index (χ2n) is 2.57. The Balaban J connectivity index is 2.74. The molecule has 1 atom stereocenters. The summed E-state index contributed by atoms with van der Waals surface area (Å²) in [6.07, 6.45) is 0.367. The van der Waals surface area contributed by atoms with Crippen molar-refractivity contribution in [2.24, 2.45) is 5.92 Å². The standard InChI is InChI=1S/C6H10O4S/c7-4-3(5(8)9)1-2-11-6(4)10/h3H,1-2H2,11H4,(H,8,9). The first kappa shape index (κ1) is 8.26. The molecular weight excluding hydrogens is 168 g/mol. The molecule has 0 spiro atoms. The topological polar surface area (TPSA) is 71.4 Å². The number of aliphatic carboxylic acids is 1. The lowest BCUT2D eigenvalue weighted by Crippen LogP contribution is -2.32. The molecule has 0 saturated carbocycles. The first-order chi connectivity index (χ1) is 5.13. The van der Waals surface area contributed by atoms with E-state index in [2.05, 4.69) is 0 Å². The third kappa shape index (κ3) is 1.59. The summed E-state index contributed by atoms with van der Waals surface area (Å²) in [7, 11) is 0. The second-order valence-corrected chi connectivity index (χ2v) is 4.42. The molecule has 0 aromatic carbocycles. The lowest BCUT2D eigenvalue weighted by molar-refractivity contribution is -0.149. The van der Waals surface area contributed by atoms with E-state index >= 15 is 0 Å². The normalized spacial score (nSPS) is 26.0. The summed E-state index contributed by atoms with van der Waals surface area (Å²) in [6.45, 7) is 0. The number of carbonyl (C=O) groups is 3. The number of hydrogen-bond donors (Lipinski definition) is 1. The van der Waals surface area contributed by atoms with Crippen molar-refractivity contribution in [1.82, 2.24) is 0 Å². The zero-order chi connectivity index (χ0) is 8.43. The van der Waals surface area contributed by atoms with E-state index < -0.39 is 34.5 Å². The van der Waals surface area contributed by atoms with Gasteiger partial charge in [0.05, 0.1) is 0 Å². The zero-order valence-corrected chi connectivity index (χ0v) is 7.28. The van der Waals surface area contributed by atoms with Crippen molar-refractivity contribution < 1.29 is 19.5 Å². The van der Waals surface area contributed by atoms with Crippen LogP contribution >= 0.6 is 11.8 Å². The van der Waals surface area contributed by atoms with E-state index in [1.165, 1.54) is 0 Å². The summed E-state index contributed by atoms with van der Waals surface area (Å²) in [5, 5.41) is 8.07. The average Bonchev–Trinajstić information content (AvgIpc) is 1.94. The first-order valence-corrected chi connectivity index (χ1v) is 5.13. The maximum atomic E-state index is 10.9. The molecule has 1 aliphatic rings. The average molecular weight is 178 g/mol. The van der Waals surface area contributed by atoms with Gasteiger partial charge in [0, 0.05) is 0 Å². The van der Waals surface area contributed by atoms with Gasteiger partial charge in [0.15, 0.2) is 0 Å². The van der Waals surface area contributed by atoms with Gasteiger partial charge in [-0.2, -0.15) is 0 Å². The van der Waals surface area contributed by atoms with Gasteiger partial charge in [-0.3, -0.25) is 26.1 Å². The molecular formula is C6H10O4S. The van der Waals surface area contributed by atoms with E-state index in [1.807, 2.05) is 0 Å². The van der Waals surface area contributed by atoms with Crippen LogP contribution < -0.4 is 0 Å². The van der Waals surface area contributed by atoms with Gasteiger partial charge in [0.25, 0.3) is 0 Å². The molecule has 0 aliphatic carbocycles. The SMILES string of the molecule is O=C1[SH4]CCC(C(=O)O)C1=O. The summed E-state index contributed by atoms with van der Waals surface area (Å²) in [5.41, 5.74) is 0. The van der Waals surface area contributed by atoms with Crippen molar-refractivity contribution in [1.29, 1.82) is 0 Å². The monoisotopic (exact) mass is 178 g/mol. The quantitative estimate of drug-likeness (QED) is 0.406. The van der Waals surface area contributed by atoms with Crippen LogP contribution in [0.1, 0.15) is 6.42 Å². The third-order valence-corrected chi connectivity index (χ3v) is 3.35. The maximum Gasteiger partial charge on any atom is 0.314 e. The summed E-state index contributed by atoms with van der Waals surface area (Å²) in [4.78, 5) is 32.0. The minimum Gasteiger partial charge on any atom is -0.481 e. The van der Waals surface area contributed by atoms with Gasteiger partial charge < -0.3 is 5.11 Å². The first-order valence-electron chi connectivity index (χ1n) is 3.43. The lowest BCUT2D eigenvalue weighted by Gasteiger charge is -2.16. The largest absolute Gasteiger partial charge is 0.481 e. The minimum absolute atomic E-state index is 0.367. The van der Waals surface area contributed by atoms with Gasteiger partial charge >= 0.3 is 5.97 Å². The smallest absolute Gasteiger partial charge is 0.314 e. The molecule has 1 aliphatic heterocycles. The van der Waals surface area contributed by atoms with Crippen LogP contribution in [0.25, 0.3) is 0 Å². The number of ketones is 1. The van der Waals surface area contributed by atoms with Gasteiger partial charge in [0.1, 0.15) is 5.92 Å². The van der Waals surface area contributed by atoms with Crippen LogP contribution in [0.5, 0.6) is 0 Å². The van der Waals surface area contributed by atoms with Crippen molar-refractivity contribution in [3.63, 3.8) is 0 Å². The molecule has 11 heavy (non-hydrogen) atoms. The molecule has 0 bridgehead atoms. The number of rotatable bonds is 1. The molecule has 1 rings (SSSR count). The van der Waals surface area contributed by atoms with E-state index in [1.54, 1.807) is 0 Å². The van der Waals surface area contributed by atoms with Gasteiger partial charge in [-0.25, -0.2) is 0 Å². The number of Topliss-reactive ketones (excluding diaryl/α,β-unsaturated/α-hetero) is 1. The fourth-order valence-corrected chi connectivity index (χ4v) is 2.58. The van der Waals surface area contributed by atoms with Crippen molar-refractivity contribution >= 4 is 28.6 Å².